The molecule has 0 unspecified atom stereocenters. The summed E-state index contributed by atoms with van der Waals surface area (Å²) in [4.78, 5) is 8.85. The maximum Gasteiger partial charge on any atom is 0.159 e. The molecule has 0 atom stereocenters. The summed E-state index contributed by atoms with van der Waals surface area (Å²) in [5.74, 6) is 2.25. The molecule has 2 aromatic rings. The summed E-state index contributed by atoms with van der Waals surface area (Å²) in [5.41, 5.74) is 0.961. The first-order chi connectivity index (χ1) is 15.3. The summed E-state index contributed by atoms with van der Waals surface area (Å²) in [7, 11) is 0. The molecule has 2 rings (SSSR count). The average Bonchev–Trinajstić information content (AvgIpc) is 2.81. The second-order valence-corrected chi connectivity index (χ2v) is 7.39. The first-order valence-corrected chi connectivity index (χ1v) is 11.7. The Bertz CT molecular complexity index is 677. The van der Waals surface area contributed by atoms with E-state index in [-0.39, 0.29) is 0 Å². The highest BCUT2D eigenvalue weighted by Crippen LogP contribution is 2.20. The van der Waals surface area contributed by atoms with E-state index in [4.69, 9.17) is 18.9 Å². The van der Waals surface area contributed by atoms with Crippen LogP contribution in [0, 0.1) is 0 Å². The summed E-state index contributed by atoms with van der Waals surface area (Å²) >= 11 is 0. The van der Waals surface area contributed by atoms with Crippen LogP contribution in [0.4, 0.5) is 0 Å². The minimum Gasteiger partial charge on any atom is -0.494 e. The van der Waals surface area contributed by atoms with E-state index >= 15 is 0 Å². The number of nitrogens with zero attached hydrogens (tertiary/aromatic N) is 2. The van der Waals surface area contributed by atoms with Gasteiger partial charge in [-0.3, -0.25) is 0 Å². The molecule has 0 saturated heterocycles. The van der Waals surface area contributed by atoms with Crippen molar-refractivity contribution < 1.29 is 18.9 Å². The Kier molecular flexibility index (Phi) is 13.4. The molecule has 0 aliphatic carbocycles. The van der Waals surface area contributed by atoms with Crippen molar-refractivity contribution in [3.05, 3.63) is 36.7 Å². The predicted octanol–water partition coefficient (Wildman–Crippen LogP) is 5.70. The van der Waals surface area contributed by atoms with Crippen LogP contribution in [-0.4, -0.2) is 49.6 Å². The van der Waals surface area contributed by atoms with Crippen molar-refractivity contribution in [1.29, 1.82) is 0 Å². The van der Waals surface area contributed by atoms with Crippen LogP contribution in [0.1, 0.15) is 58.8 Å². The molecule has 6 nitrogen and oxygen atoms in total. The van der Waals surface area contributed by atoms with Crippen LogP contribution >= 0.6 is 0 Å². The van der Waals surface area contributed by atoms with Crippen molar-refractivity contribution in [3.8, 4) is 22.9 Å². The van der Waals surface area contributed by atoms with Crippen molar-refractivity contribution >= 4 is 0 Å². The summed E-state index contributed by atoms with van der Waals surface area (Å²) < 4.78 is 22.3. The lowest BCUT2D eigenvalue weighted by Gasteiger charge is -2.08. The average molecular weight is 431 g/mol. The maximum atomic E-state index is 5.83. The van der Waals surface area contributed by atoms with Gasteiger partial charge in [-0.1, -0.05) is 13.3 Å². The van der Waals surface area contributed by atoms with Gasteiger partial charge in [0.2, 0.25) is 0 Å². The summed E-state index contributed by atoms with van der Waals surface area (Å²) in [6.07, 6.45) is 11.0. The van der Waals surface area contributed by atoms with Crippen molar-refractivity contribution in [2.24, 2.45) is 0 Å². The summed E-state index contributed by atoms with van der Waals surface area (Å²) in [5, 5.41) is 0. The molecule has 1 aromatic carbocycles. The van der Waals surface area contributed by atoms with E-state index in [9.17, 15) is 0 Å². The zero-order chi connectivity index (χ0) is 22.0. The van der Waals surface area contributed by atoms with Gasteiger partial charge in [-0.25, -0.2) is 9.97 Å². The largest absolute Gasteiger partial charge is 0.494 e. The Balaban J connectivity index is 1.63. The Hall–Kier alpha value is -2.18. The van der Waals surface area contributed by atoms with E-state index in [1.807, 2.05) is 31.2 Å². The fraction of sp³-hybridized carbons (Fsp3) is 0.600. The molecular formula is C25H38N2O4. The van der Waals surface area contributed by atoms with Gasteiger partial charge in [0.15, 0.2) is 11.6 Å². The van der Waals surface area contributed by atoms with Gasteiger partial charge in [0.25, 0.3) is 0 Å². The molecule has 0 bridgehead atoms. The Labute approximate surface area is 187 Å². The molecule has 0 spiro atoms. The van der Waals surface area contributed by atoms with E-state index < -0.39 is 0 Å². The standard InChI is InChI=1S/C25H38N2O4/c1-3-15-29-17-9-10-19-31-24-20-26-25(27-21-24)22-11-13-23(14-12-22)30-18-8-6-5-7-16-28-4-2/h11-14,20-21H,3-10,15-19H2,1-2H3. The fourth-order valence-corrected chi connectivity index (χ4v) is 2.98. The molecule has 6 heteroatoms. The summed E-state index contributed by atoms with van der Waals surface area (Å²) in [6.45, 7) is 8.82. The van der Waals surface area contributed by atoms with Crippen LogP contribution in [0.3, 0.4) is 0 Å². The van der Waals surface area contributed by atoms with Crippen molar-refractivity contribution in [2.75, 3.05) is 39.6 Å². The van der Waals surface area contributed by atoms with Crippen molar-refractivity contribution in [1.82, 2.24) is 9.97 Å². The minimum atomic E-state index is 0.650. The van der Waals surface area contributed by atoms with Crippen molar-refractivity contribution in [2.45, 2.75) is 58.8 Å². The van der Waals surface area contributed by atoms with Crippen molar-refractivity contribution in [3.63, 3.8) is 0 Å². The molecule has 0 aliphatic rings. The highest BCUT2D eigenvalue weighted by atomic mass is 16.5. The van der Waals surface area contributed by atoms with Crippen LogP contribution in [-0.2, 0) is 9.47 Å². The molecule has 0 aliphatic heterocycles. The lowest BCUT2D eigenvalue weighted by atomic mass is 10.2. The number of aromatic nitrogens is 2. The van der Waals surface area contributed by atoms with E-state index in [0.717, 1.165) is 76.5 Å². The molecule has 1 aromatic heterocycles. The molecule has 0 radical (unpaired) electrons. The SMILES string of the molecule is CCCOCCCCOc1cnc(-c2ccc(OCCCCCCOCC)cc2)nc1. The van der Waals surface area contributed by atoms with Crippen LogP contribution in [0.25, 0.3) is 11.4 Å². The second kappa shape index (κ2) is 16.5. The lowest BCUT2D eigenvalue weighted by Crippen LogP contribution is -2.02. The van der Waals surface area contributed by atoms with Gasteiger partial charge in [-0.05, 0) is 69.7 Å². The van der Waals surface area contributed by atoms with Crippen LogP contribution < -0.4 is 9.47 Å². The van der Waals surface area contributed by atoms with Crippen LogP contribution in [0.2, 0.25) is 0 Å². The van der Waals surface area contributed by atoms with E-state index in [2.05, 4.69) is 16.9 Å². The van der Waals surface area contributed by atoms with Gasteiger partial charge in [0, 0.05) is 32.0 Å². The summed E-state index contributed by atoms with van der Waals surface area (Å²) in [6, 6.07) is 7.92. The van der Waals surface area contributed by atoms with Gasteiger partial charge in [0.1, 0.15) is 5.75 Å². The molecule has 0 saturated carbocycles. The minimum absolute atomic E-state index is 0.650. The molecular weight excluding hydrogens is 392 g/mol. The Morgan fingerprint density at radius 1 is 0.613 bits per heavy atom. The molecule has 0 fully saturated rings. The van der Waals surface area contributed by atoms with Gasteiger partial charge >= 0.3 is 0 Å². The van der Waals surface area contributed by atoms with Gasteiger partial charge in [0.05, 0.1) is 25.6 Å². The lowest BCUT2D eigenvalue weighted by molar-refractivity contribution is 0.127. The molecule has 1 heterocycles. The zero-order valence-electron chi connectivity index (χ0n) is 19.2. The highest BCUT2D eigenvalue weighted by molar-refractivity contribution is 5.56. The van der Waals surface area contributed by atoms with E-state index in [1.165, 1.54) is 12.8 Å². The molecule has 172 valence electrons. The topological polar surface area (TPSA) is 62.7 Å². The first kappa shape index (κ1) is 25.1. The Morgan fingerprint density at radius 2 is 1.19 bits per heavy atom. The number of unbranched alkanes of at least 4 members (excludes halogenated alkanes) is 4. The van der Waals surface area contributed by atoms with Crippen LogP contribution in [0.5, 0.6) is 11.5 Å². The Morgan fingerprint density at radius 3 is 1.87 bits per heavy atom. The second-order valence-electron chi connectivity index (χ2n) is 7.39. The van der Waals surface area contributed by atoms with Gasteiger partial charge < -0.3 is 18.9 Å². The smallest absolute Gasteiger partial charge is 0.159 e. The zero-order valence-corrected chi connectivity index (χ0v) is 19.2. The number of hydrogen-bond donors (Lipinski definition) is 0. The van der Waals surface area contributed by atoms with E-state index in [0.29, 0.717) is 18.2 Å². The van der Waals surface area contributed by atoms with Gasteiger partial charge in [-0.2, -0.15) is 0 Å². The molecule has 0 amide bonds. The molecule has 31 heavy (non-hydrogen) atoms. The third-order valence-electron chi connectivity index (χ3n) is 4.70. The first-order valence-electron chi connectivity index (χ1n) is 11.7. The number of ether oxygens (including phenoxy) is 4. The third kappa shape index (κ3) is 11.1. The monoisotopic (exact) mass is 430 g/mol. The van der Waals surface area contributed by atoms with E-state index in [1.54, 1.807) is 12.4 Å². The normalized spacial score (nSPS) is 10.9. The quantitative estimate of drug-likeness (QED) is 0.283. The van der Waals surface area contributed by atoms with Gasteiger partial charge in [-0.15, -0.1) is 0 Å². The number of rotatable bonds is 18. The third-order valence-corrected chi connectivity index (χ3v) is 4.70. The molecule has 0 N–H and O–H groups in total. The maximum absolute atomic E-state index is 5.83. The highest BCUT2D eigenvalue weighted by Gasteiger charge is 2.03. The number of benzene rings is 1. The number of hydrogen-bond acceptors (Lipinski definition) is 6. The fourth-order valence-electron chi connectivity index (χ4n) is 2.98. The predicted molar refractivity (Wildman–Crippen MR) is 124 cm³/mol. The van der Waals surface area contributed by atoms with Crippen LogP contribution in [0.15, 0.2) is 36.7 Å².